The van der Waals surface area contributed by atoms with Crippen LogP contribution in [0.2, 0.25) is 0 Å². The van der Waals surface area contributed by atoms with E-state index in [2.05, 4.69) is 5.32 Å². The molecule has 2 unspecified atom stereocenters. The largest absolute Gasteiger partial charge is 0.374 e. The van der Waals surface area contributed by atoms with Crippen LogP contribution in [0.5, 0.6) is 0 Å². The van der Waals surface area contributed by atoms with Crippen LogP contribution in [-0.4, -0.2) is 34.1 Å². The SMILES string of the molecule is CCN(c1ccc(NC(C)O)c([N+](=O)[O-])c1)C(C)O. The number of nitro benzene ring substituents is 1. The zero-order chi connectivity index (χ0) is 14.6. The van der Waals surface area contributed by atoms with E-state index in [4.69, 9.17) is 0 Å². The smallest absolute Gasteiger partial charge is 0.294 e. The van der Waals surface area contributed by atoms with Gasteiger partial charge >= 0.3 is 0 Å². The number of hydrogen-bond acceptors (Lipinski definition) is 6. The minimum atomic E-state index is -0.886. The van der Waals surface area contributed by atoms with Crippen LogP contribution in [0.3, 0.4) is 0 Å². The van der Waals surface area contributed by atoms with Crippen molar-refractivity contribution in [1.82, 2.24) is 0 Å². The van der Waals surface area contributed by atoms with Crippen LogP contribution in [0, 0.1) is 10.1 Å². The summed E-state index contributed by atoms with van der Waals surface area (Å²) in [6.07, 6.45) is -1.62. The Bertz CT molecular complexity index is 449. The zero-order valence-electron chi connectivity index (χ0n) is 11.2. The van der Waals surface area contributed by atoms with E-state index in [0.29, 0.717) is 12.2 Å². The molecule has 0 aromatic heterocycles. The highest BCUT2D eigenvalue weighted by molar-refractivity contribution is 5.68. The molecule has 1 aromatic carbocycles. The molecule has 7 nitrogen and oxygen atoms in total. The topological polar surface area (TPSA) is 98.9 Å². The molecule has 2 atom stereocenters. The fraction of sp³-hybridized carbons (Fsp3) is 0.500. The Kier molecular flexibility index (Phi) is 5.08. The van der Waals surface area contributed by atoms with E-state index in [1.165, 1.54) is 19.1 Å². The molecule has 0 fully saturated rings. The molecule has 0 saturated carbocycles. The van der Waals surface area contributed by atoms with Gasteiger partial charge in [0.2, 0.25) is 0 Å². The highest BCUT2D eigenvalue weighted by Gasteiger charge is 2.19. The Morgan fingerprint density at radius 3 is 2.47 bits per heavy atom. The lowest BCUT2D eigenvalue weighted by Gasteiger charge is -2.26. The van der Waals surface area contributed by atoms with Gasteiger partial charge in [0, 0.05) is 18.3 Å². The first-order valence-corrected chi connectivity index (χ1v) is 6.04. The quantitative estimate of drug-likeness (QED) is 0.411. The number of nitrogens with one attached hydrogen (secondary N) is 1. The monoisotopic (exact) mass is 269 g/mol. The van der Waals surface area contributed by atoms with Crippen LogP contribution in [0.1, 0.15) is 20.8 Å². The number of benzene rings is 1. The lowest BCUT2D eigenvalue weighted by molar-refractivity contribution is -0.384. The molecule has 0 bridgehead atoms. The number of hydrogen-bond donors (Lipinski definition) is 3. The molecular formula is C12H19N3O4. The first-order valence-electron chi connectivity index (χ1n) is 6.04. The van der Waals surface area contributed by atoms with Crippen LogP contribution in [0.25, 0.3) is 0 Å². The van der Waals surface area contributed by atoms with Crippen LogP contribution in [0.15, 0.2) is 18.2 Å². The third kappa shape index (κ3) is 3.80. The molecule has 1 rings (SSSR count). The van der Waals surface area contributed by atoms with Gasteiger partial charge < -0.3 is 20.4 Å². The van der Waals surface area contributed by atoms with E-state index in [1.54, 1.807) is 17.9 Å². The van der Waals surface area contributed by atoms with Gasteiger partial charge in [-0.25, -0.2) is 0 Å². The molecule has 106 valence electrons. The Morgan fingerprint density at radius 2 is 2.05 bits per heavy atom. The molecule has 0 heterocycles. The van der Waals surface area contributed by atoms with Crippen LogP contribution >= 0.6 is 0 Å². The van der Waals surface area contributed by atoms with Gasteiger partial charge in [0.25, 0.3) is 5.69 Å². The molecule has 0 aliphatic heterocycles. The number of rotatable bonds is 6. The highest BCUT2D eigenvalue weighted by atomic mass is 16.6. The summed E-state index contributed by atoms with van der Waals surface area (Å²) in [5, 5.41) is 32.5. The summed E-state index contributed by atoms with van der Waals surface area (Å²) in [6.45, 7) is 5.45. The van der Waals surface area contributed by atoms with E-state index < -0.39 is 17.4 Å². The van der Waals surface area contributed by atoms with Crippen LogP contribution in [0.4, 0.5) is 17.1 Å². The molecule has 0 spiro atoms. The van der Waals surface area contributed by atoms with Crippen molar-refractivity contribution in [1.29, 1.82) is 0 Å². The maximum atomic E-state index is 11.0. The van der Waals surface area contributed by atoms with Crippen molar-refractivity contribution in [3.8, 4) is 0 Å². The van der Waals surface area contributed by atoms with Crippen molar-refractivity contribution in [2.45, 2.75) is 33.2 Å². The number of aliphatic hydroxyl groups excluding tert-OH is 2. The first-order chi connectivity index (χ1) is 8.86. The van der Waals surface area contributed by atoms with E-state index in [1.807, 2.05) is 6.92 Å². The Balaban J connectivity index is 3.18. The third-order valence-electron chi connectivity index (χ3n) is 2.67. The predicted molar refractivity (Wildman–Crippen MR) is 73.1 cm³/mol. The zero-order valence-corrected chi connectivity index (χ0v) is 11.2. The van der Waals surface area contributed by atoms with Gasteiger partial charge in [0.15, 0.2) is 0 Å². The summed E-state index contributed by atoms with van der Waals surface area (Å²) in [6, 6.07) is 4.56. The fourth-order valence-corrected chi connectivity index (χ4v) is 1.86. The van der Waals surface area contributed by atoms with Crippen molar-refractivity contribution in [3.63, 3.8) is 0 Å². The molecule has 3 N–H and O–H groups in total. The van der Waals surface area contributed by atoms with Crippen molar-refractivity contribution < 1.29 is 15.1 Å². The second-order valence-electron chi connectivity index (χ2n) is 4.20. The number of nitro groups is 1. The molecule has 0 saturated heterocycles. The van der Waals surface area contributed by atoms with Crippen molar-refractivity contribution in [3.05, 3.63) is 28.3 Å². The first kappa shape index (κ1) is 15.2. The standard InChI is InChI=1S/C12H19N3O4/c1-4-14(9(3)17)10-5-6-11(13-8(2)16)12(7-10)15(18)19/h5-9,13,16-17H,4H2,1-3H3. The van der Waals surface area contributed by atoms with Gasteiger partial charge in [-0.05, 0) is 32.9 Å². The molecule has 0 aliphatic carbocycles. The second-order valence-corrected chi connectivity index (χ2v) is 4.20. The van der Waals surface area contributed by atoms with E-state index in [-0.39, 0.29) is 11.4 Å². The predicted octanol–water partition coefficient (Wildman–Crippen LogP) is 1.51. The maximum Gasteiger partial charge on any atom is 0.294 e. The van der Waals surface area contributed by atoms with Gasteiger partial charge in [-0.3, -0.25) is 10.1 Å². The summed E-state index contributed by atoms with van der Waals surface area (Å²) in [5.41, 5.74) is 0.656. The number of nitrogens with zero attached hydrogens (tertiary/aromatic N) is 2. The average molecular weight is 269 g/mol. The van der Waals surface area contributed by atoms with Gasteiger partial charge in [0.1, 0.15) is 18.1 Å². The van der Waals surface area contributed by atoms with Gasteiger partial charge in [-0.2, -0.15) is 0 Å². The molecular weight excluding hydrogens is 250 g/mol. The summed E-state index contributed by atoms with van der Waals surface area (Å²) in [7, 11) is 0. The van der Waals surface area contributed by atoms with Crippen LogP contribution in [-0.2, 0) is 0 Å². The van der Waals surface area contributed by atoms with E-state index >= 15 is 0 Å². The van der Waals surface area contributed by atoms with Crippen molar-refractivity contribution in [2.24, 2.45) is 0 Å². The molecule has 0 aliphatic rings. The van der Waals surface area contributed by atoms with Crippen LogP contribution < -0.4 is 10.2 Å². The number of anilines is 2. The molecule has 7 heteroatoms. The molecule has 0 radical (unpaired) electrons. The van der Waals surface area contributed by atoms with Crippen molar-refractivity contribution >= 4 is 17.1 Å². The van der Waals surface area contributed by atoms with E-state index in [0.717, 1.165) is 0 Å². The van der Waals surface area contributed by atoms with Crippen molar-refractivity contribution in [2.75, 3.05) is 16.8 Å². The van der Waals surface area contributed by atoms with Gasteiger partial charge in [-0.1, -0.05) is 0 Å². The average Bonchev–Trinajstić information content (AvgIpc) is 2.30. The molecule has 0 amide bonds. The normalized spacial score (nSPS) is 13.7. The summed E-state index contributed by atoms with van der Waals surface area (Å²) in [4.78, 5) is 12.1. The summed E-state index contributed by atoms with van der Waals surface area (Å²) >= 11 is 0. The molecule has 1 aromatic rings. The van der Waals surface area contributed by atoms with Gasteiger partial charge in [-0.15, -0.1) is 0 Å². The summed E-state index contributed by atoms with van der Waals surface area (Å²) in [5.74, 6) is 0. The lowest BCUT2D eigenvalue weighted by atomic mass is 10.2. The van der Waals surface area contributed by atoms with Gasteiger partial charge in [0.05, 0.1) is 4.92 Å². The second kappa shape index (κ2) is 6.35. The Morgan fingerprint density at radius 1 is 1.42 bits per heavy atom. The minimum absolute atomic E-state index is 0.141. The lowest BCUT2D eigenvalue weighted by Crippen LogP contribution is -2.32. The summed E-state index contributed by atoms with van der Waals surface area (Å²) < 4.78 is 0. The fourth-order valence-electron chi connectivity index (χ4n) is 1.86. The number of aliphatic hydroxyl groups is 2. The highest BCUT2D eigenvalue weighted by Crippen LogP contribution is 2.30. The minimum Gasteiger partial charge on any atom is -0.374 e. The Hall–Kier alpha value is -1.86. The van der Waals surface area contributed by atoms with E-state index in [9.17, 15) is 20.3 Å². The molecule has 19 heavy (non-hydrogen) atoms. The third-order valence-corrected chi connectivity index (χ3v) is 2.67. The maximum absolute atomic E-state index is 11.0. The Labute approximate surface area is 111 Å².